The molecule has 0 aliphatic carbocycles. The Morgan fingerprint density at radius 3 is 2.78 bits per heavy atom. The molecule has 10 heteroatoms. The monoisotopic (exact) mass is 502 g/mol. The minimum atomic E-state index is -0.643. The normalized spacial score (nSPS) is 13.0. The first-order chi connectivity index (χ1) is 17.8. The van der Waals surface area contributed by atoms with Crippen LogP contribution in [0.3, 0.4) is 0 Å². The van der Waals surface area contributed by atoms with Gasteiger partial charge in [0.2, 0.25) is 0 Å². The van der Waals surface area contributed by atoms with Crippen LogP contribution in [0.25, 0.3) is 38.7 Å². The van der Waals surface area contributed by atoms with Gasteiger partial charge in [0, 0.05) is 34.5 Å². The average Bonchev–Trinajstić information content (AvgIpc) is 3.19. The molecule has 1 aliphatic heterocycles. The standard InChI is InChI=1S/C27H20F2N4O4/c1-13(34)24-22(16-4-2-6-30-26(16)35)23-21(10-19(29)15-5-3-7-37-25(15)23)33(24)11-14-8-17-20(9-18(14)28)31-12-32-27(17)36/h2,4,6,8-10,12,34H,1,3,5,7,11H2,(H,30,35)(H,31,32,36). The lowest BCUT2D eigenvalue weighted by molar-refractivity contribution is 0.288. The molecule has 8 nitrogen and oxygen atoms in total. The van der Waals surface area contributed by atoms with E-state index >= 15 is 8.78 Å². The highest BCUT2D eigenvalue weighted by Crippen LogP contribution is 2.45. The summed E-state index contributed by atoms with van der Waals surface area (Å²) in [5, 5.41) is 11.3. The molecule has 6 rings (SSSR count). The number of halogens is 2. The van der Waals surface area contributed by atoms with Gasteiger partial charge in [0.1, 0.15) is 23.1 Å². The molecule has 1 aliphatic rings. The molecule has 5 aromatic rings. The number of aliphatic hydroxyl groups excluding tert-OH is 1. The molecule has 0 bridgehead atoms. The molecule has 0 atom stereocenters. The quantitative estimate of drug-likeness (QED) is 0.315. The van der Waals surface area contributed by atoms with E-state index in [1.54, 1.807) is 12.1 Å². The van der Waals surface area contributed by atoms with Crippen LogP contribution in [-0.2, 0) is 13.0 Å². The second-order valence-electron chi connectivity index (χ2n) is 8.87. The zero-order valence-electron chi connectivity index (χ0n) is 19.4. The van der Waals surface area contributed by atoms with Gasteiger partial charge in [0.25, 0.3) is 11.1 Å². The molecule has 0 saturated heterocycles. The van der Waals surface area contributed by atoms with Gasteiger partial charge in [-0.1, -0.05) is 6.58 Å². The summed E-state index contributed by atoms with van der Waals surface area (Å²) in [5.41, 5.74) is 0.649. The van der Waals surface area contributed by atoms with Crippen LogP contribution in [0.2, 0.25) is 0 Å². The number of rotatable bonds is 4. The van der Waals surface area contributed by atoms with Crippen LogP contribution in [0.4, 0.5) is 8.78 Å². The van der Waals surface area contributed by atoms with Crippen molar-refractivity contribution in [1.82, 2.24) is 19.5 Å². The van der Waals surface area contributed by atoms with Crippen LogP contribution < -0.4 is 15.9 Å². The van der Waals surface area contributed by atoms with Crippen LogP contribution in [-0.4, -0.2) is 31.2 Å². The summed E-state index contributed by atoms with van der Waals surface area (Å²) in [6, 6.07) is 7.01. The average molecular weight is 502 g/mol. The summed E-state index contributed by atoms with van der Waals surface area (Å²) in [7, 11) is 0. The Kier molecular flexibility index (Phi) is 5.18. The number of aliphatic hydroxyl groups is 1. The van der Waals surface area contributed by atoms with E-state index in [0.29, 0.717) is 36.0 Å². The smallest absolute Gasteiger partial charge is 0.258 e. The van der Waals surface area contributed by atoms with Gasteiger partial charge in [-0.2, -0.15) is 0 Å². The van der Waals surface area contributed by atoms with Crippen molar-refractivity contribution in [2.75, 3.05) is 6.61 Å². The van der Waals surface area contributed by atoms with Crippen molar-refractivity contribution in [1.29, 1.82) is 0 Å². The summed E-state index contributed by atoms with van der Waals surface area (Å²) in [4.78, 5) is 34.3. The summed E-state index contributed by atoms with van der Waals surface area (Å²) < 4.78 is 37.9. The molecule has 186 valence electrons. The van der Waals surface area contributed by atoms with Gasteiger partial charge in [-0.25, -0.2) is 13.8 Å². The van der Waals surface area contributed by atoms with Gasteiger partial charge in [-0.3, -0.25) is 9.59 Å². The molecule has 2 aromatic carbocycles. The SMILES string of the molecule is C=C(O)c1c(-c2ccc[nH]c2=O)c2c3c(c(F)cc2n1Cc1cc2c(=O)[nH]cnc2cc1F)CCCO3. The van der Waals surface area contributed by atoms with Crippen LogP contribution in [0.1, 0.15) is 23.2 Å². The highest BCUT2D eigenvalue weighted by atomic mass is 19.1. The van der Waals surface area contributed by atoms with E-state index in [1.807, 2.05) is 0 Å². The van der Waals surface area contributed by atoms with E-state index in [-0.39, 0.29) is 45.5 Å². The second-order valence-corrected chi connectivity index (χ2v) is 8.87. The van der Waals surface area contributed by atoms with Crippen molar-refractivity contribution >= 4 is 27.6 Å². The highest BCUT2D eigenvalue weighted by molar-refractivity contribution is 6.06. The van der Waals surface area contributed by atoms with Crippen LogP contribution in [0, 0.1) is 11.6 Å². The summed E-state index contributed by atoms with van der Waals surface area (Å²) in [6.45, 7) is 3.84. The number of aromatic nitrogens is 4. The number of nitrogens with one attached hydrogen (secondary N) is 2. The lowest BCUT2D eigenvalue weighted by Crippen LogP contribution is -2.12. The van der Waals surface area contributed by atoms with E-state index in [2.05, 4.69) is 21.5 Å². The third-order valence-electron chi connectivity index (χ3n) is 6.67. The topological polar surface area (TPSA) is 113 Å². The maximum Gasteiger partial charge on any atom is 0.258 e. The fraction of sp³-hybridized carbons (Fsp3) is 0.148. The number of nitrogens with zero attached hydrogens (tertiary/aromatic N) is 2. The molecule has 4 heterocycles. The number of aromatic amines is 2. The first kappa shape index (κ1) is 22.7. The fourth-order valence-electron chi connectivity index (χ4n) is 5.07. The molecule has 0 unspecified atom stereocenters. The van der Waals surface area contributed by atoms with Crippen molar-refractivity contribution in [2.24, 2.45) is 0 Å². The maximum atomic E-state index is 15.3. The second kappa shape index (κ2) is 8.44. The Balaban J connectivity index is 1.72. The number of hydrogen-bond donors (Lipinski definition) is 3. The van der Waals surface area contributed by atoms with Crippen LogP contribution in [0.5, 0.6) is 5.75 Å². The predicted molar refractivity (Wildman–Crippen MR) is 135 cm³/mol. The summed E-state index contributed by atoms with van der Waals surface area (Å²) in [6.07, 6.45) is 3.73. The number of fused-ring (bicyclic) bond motifs is 4. The maximum absolute atomic E-state index is 15.3. The van der Waals surface area contributed by atoms with E-state index in [0.717, 1.165) is 6.07 Å². The highest BCUT2D eigenvalue weighted by Gasteiger charge is 2.30. The van der Waals surface area contributed by atoms with Gasteiger partial charge in [0.15, 0.2) is 0 Å². The van der Waals surface area contributed by atoms with Gasteiger partial charge < -0.3 is 24.4 Å². The fourth-order valence-corrected chi connectivity index (χ4v) is 5.07. The molecule has 0 fully saturated rings. The molecule has 37 heavy (non-hydrogen) atoms. The Hall–Kier alpha value is -4.73. The molecule has 3 N–H and O–H groups in total. The minimum Gasteiger partial charge on any atom is -0.506 e. The Morgan fingerprint density at radius 1 is 1.16 bits per heavy atom. The molecule has 3 aromatic heterocycles. The van der Waals surface area contributed by atoms with Gasteiger partial charge >= 0.3 is 0 Å². The van der Waals surface area contributed by atoms with Crippen molar-refractivity contribution in [3.8, 4) is 16.9 Å². The number of H-pyrrole nitrogens is 2. The number of benzene rings is 2. The number of pyridine rings is 1. The molecule has 0 spiro atoms. The minimum absolute atomic E-state index is 0.0953. The first-order valence-electron chi connectivity index (χ1n) is 11.6. The summed E-state index contributed by atoms with van der Waals surface area (Å²) in [5.74, 6) is -1.28. The van der Waals surface area contributed by atoms with Gasteiger partial charge in [-0.05, 0) is 37.1 Å². The largest absolute Gasteiger partial charge is 0.506 e. The van der Waals surface area contributed by atoms with Crippen molar-refractivity contribution in [3.05, 3.63) is 98.6 Å². The molecular formula is C27H20F2N4O4. The van der Waals surface area contributed by atoms with Crippen molar-refractivity contribution < 1.29 is 18.6 Å². The lowest BCUT2D eigenvalue weighted by Gasteiger charge is -2.20. The van der Waals surface area contributed by atoms with Crippen LogP contribution >= 0.6 is 0 Å². The zero-order chi connectivity index (χ0) is 25.8. The van der Waals surface area contributed by atoms with Crippen molar-refractivity contribution in [3.63, 3.8) is 0 Å². The van der Waals surface area contributed by atoms with E-state index in [9.17, 15) is 14.7 Å². The number of hydrogen-bond acceptors (Lipinski definition) is 5. The number of ether oxygens (including phenoxy) is 1. The third-order valence-corrected chi connectivity index (χ3v) is 6.67. The first-order valence-corrected chi connectivity index (χ1v) is 11.6. The lowest BCUT2D eigenvalue weighted by atomic mass is 9.97. The van der Waals surface area contributed by atoms with E-state index in [1.165, 1.54) is 29.2 Å². The third kappa shape index (κ3) is 3.52. The van der Waals surface area contributed by atoms with E-state index < -0.39 is 28.5 Å². The van der Waals surface area contributed by atoms with Crippen molar-refractivity contribution in [2.45, 2.75) is 19.4 Å². The van der Waals surface area contributed by atoms with E-state index in [4.69, 9.17) is 4.74 Å². The molecule has 0 radical (unpaired) electrons. The summed E-state index contributed by atoms with van der Waals surface area (Å²) >= 11 is 0. The molecule has 0 amide bonds. The van der Waals surface area contributed by atoms with Crippen LogP contribution in [0.15, 0.2) is 59.0 Å². The Labute approximate surface area is 207 Å². The predicted octanol–water partition coefficient (Wildman–Crippen LogP) is 4.41. The van der Waals surface area contributed by atoms with Gasteiger partial charge in [0.05, 0.1) is 47.0 Å². The molecular weight excluding hydrogens is 482 g/mol. The zero-order valence-corrected chi connectivity index (χ0v) is 19.4. The Bertz CT molecular complexity index is 1870. The molecule has 0 saturated carbocycles. The Morgan fingerprint density at radius 2 is 2.00 bits per heavy atom. The van der Waals surface area contributed by atoms with Gasteiger partial charge in [-0.15, -0.1) is 0 Å².